The third kappa shape index (κ3) is 6.35. The Hall–Kier alpha value is -0.730. The summed E-state index contributed by atoms with van der Waals surface area (Å²) < 4.78 is 10.4. The molecular weight excluding hydrogens is 288 g/mol. The summed E-state index contributed by atoms with van der Waals surface area (Å²) in [6, 6.07) is 0. The highest BCUT2D eigenvalue weighted by Crippen LogP contribution is 2.41. The normalized spacial score (nSPS) is 31.6. The van der Waals surface area contributed by atoms with Crippen LogP contribution in [-0.2, 0) is 9.47 Å². The number of ether oxygens (including phenoxy) is 2. The second-order valence-corrected chi connectivity index (χ2v) is 7.68. The third-order valence-corrected chi connectivity index (χ3v) is 5.93. The molecule has 0 atom stereocenters. The molecule has 0 amide bonds. The fourth-order valence-corrected chi connectivity index (χ4v) is 4.47. The minimum atomic E-state index is -0.466. The van der Waals surface area contributed by atoms with Gasteiger partial charge in [0, 0.05) is 0 Å². The summed E-state index contributed by atoms with van der Waals surface area (Å²) in [6.07, 6.45) is 15.0. The van der Waals surface area contributed by atoms with Crippen molar-refractivity contribution in [2.24, 2.45) is 17.8 Å². The van der Waals surface area contributed by atoms with E-state index in [0.717, 1.165) is 37.0 Å². The first-order chi connectivity index (χ1) is 11.2. The molecule has 3 heteroatoms. The van der Waals surface area contributed by atoms with Gasteiger partial charge in [-0.2, -0.15) is 0 Å². The Kier molecular flexibility index (Phi) is 8.25. The van der Waals surface area contributed by atoms with Gasteiger partial charge < -0.3 is 9.47 Å². The van der Waals surface area contributed by atoms with Gasteiger partial charge in [-0.3, -0.25) is 0 Å². The van der Waals surface area contributed by atoms with E-state index < -0.39 is 6.16 Å². The Balaban J connectivity index is 1.62. The number of carbonyl (C=O) groups is 1. The van der Waals surface area contributed by atoms with Gasteiger partial charge in [0.05, 0.1) is 6.61 Å². The molecule has 2 aliphatic rings. The van der Waals surface area contributed by atoms with Gasteiger partial charge in [0.15, 0.2) is 0 Å². The summed E-state index contributed by atoms with van der Waals surface area (Å²) in [5.41, 5.74) is 0. The minimum absolute atomic E-state index is 0.0940. The summed E-state index contributed by atoms with van der Waals surface area (Å²) in [5, 5.41) is 0. The smallest absolute Gasteiger partial charge is 0.434 e. The first-order valence-electron chi connectivity index (χ1n) is 10.1. The van der Waals surface area contributed by atoms with Gasteiger partial charge in [0.2, 0.25) is 0 Å². The highest BCUT2D eigenvalue weighted by molar-refractivity contribution is 5.60. The topological polar surface area (TPSA) is 35.5 Å². The molecule has 2 rings (SSSR count). The molecule has 23 heavy (non-hydrogen) atoms. The average Bonchev–Trinajstić information content (AvgIpc) is 2.59. The van der Waals surface area contributed by atoms with Gasteiger partial charge in [-0.15, -0.1) is 0 Å². The standard InChI is InChI=1S/C20H36O3/c1-3-5-6-16-7-9-17(10-8-16)18-11-13-19(14-12-18)23-20(21)22-15-4-2/h16-19H,3-15H2,1-2H3/t16-,17-,18-,19-. The number of hydrogen-bond acceptors (Lipinski definition) is 3. The van der Waals surface area contributed by atoms with E-state index in [-0.39, 0.29) is 6.10 Å². The molecule has 0 bridgehead atoms. The maximum absolute atomic E-state index is 11.5. The first-order valence-corrected chi connectivity index (χ1v) is 10.1. The molecule has 0 unspecified atom stereocenters. The van der Waals surface area contributed by atoms with Gasteiger partial charge in [-0.1, -0.05) is 46.0 Å². The van der Waals surface area contributed by atoms with Crippen molar-refractivity contribution in [3.8, 4) is 0 Å². The van der Waals surface area contributed by atoms with Crippen LogP contribution in [0.3, 0.4) is 0 Å². The predicted molar refractivity (Wildman–Crippen MR) is 93.4 cm³/mol. The highest BCUT2D eigenvalue weighted by Gasteiger charge is 2.31. The van der Waals surface area contributed by atoms with Crippen LogP contribution in [0.2, 0.25) is 0 Å². The minimum Gasteiger partial charge on any atom is -0.434 e. The van der Waals surface area contributed by atoms with Crippen LogP contribution in [0.15, 0.2) is 0 Å². The molecule has 2 aliphatic carbocycles. The number of unbranched alkanes of at least 4 members (excludes halogenated alkanes) is 1. The van der Waals surface area contributed by atoms with Crippen LogP contribution in [0.4, 0.5) is 4.79 Å². The lowest BCUT2D eigenvalue weighted by atomic mass is 9.70. The second-order valence-electron chi connectivity index (χ2n) is 7.68. The Bertz CT molecular complexity index is 326. The van der Waals surface area contributed by atoms with Gasteiger partial charge in [-0.25, -0.2) is 4.79 Å². The molecule has 0 aliphatic heterocycles. The molecule has 3 nitrogen and oxygen atoms in total. The zero-order chi connectivity index (χ0) is 16.5. The van der Waals surface area contributed by atoms with E-state index in [1.165, 1.54) is 57.8 Å². The largest absolute Gasteiger partial charge is 0.508 e. The van der Waals surface area contributed by atoms with Gasteiger partial charge >= 0.3 is 6.16 Å². The third-order valence-electron chi connectivity index (χ3n) is 5.93. The molecule has 2 fully saturated rings. The van der Waals surface area contributed by atoms with E-state index in [0.29, 0.717) is 6.61 Å². The van der Waals surface area contributed by atoms with Crippen molar-refractivity contribution in [2.75, 3.05) is 6.61 Å². The fraction of sp³-hybridized carbons (Fsp3) is 0.950. The van der Waals surface area contributed by atoms with Crippen LogP contribution in [0.5, 0.6) is 0 Å². The number of rotatable bonds is 7. The Labute approximate surface area is 142 Å². The van der Waals surface area contributed by atoms with E-state index in [9.17, 15) is 4.79 Å². The Morgan fingerprint density at radius 2 is 1.48 bits per heavy atom. The van der Waals surface area contributed by atoms with Crippen molar-refractivity contribution in [1.29, 1.82) is 0 Å². The molecule has 0 N–H and O–H groups in total. The van der Waals surface area contributed by atoms with Crippen molar-refractivity contribution in [3.63, 3.8) is 0 Å². The van der Waals surface area contributed by atoms with Crippen molar-refractivity contribution in [3.05, 3.63) is 0 Å². The summed E-state index contributed by atoms with van der Waals surface area (Å²) in [5.74, 6) is 2.80. The summed E-state index contributed by atoms with van der Waals surface area (Å²) in [6.45, 7) is 4.76. The molecule has 0 spiro atoms. The number of hydrogen-bond donors (Lipinski definition) is 0. The van der Waals surface area contributed by atoms with Gasteiger partial charge in [-0.05, 0) is 62.7 Å². The zero-order valence-electron chi connectivity index (χ0n) is 15.2. The molecule has 0 aromatic carbocycles. The van der Waals surface area contributed by atoms with Crippen LogP contribution < -0.4 is 0 Å². The van der Waals surface area contributed by atoms with Crippen molar-refractivity contribution >= 4 is 6.16 Å². The molecule has 0 aromatic heterocycles. The maximum atomic E-state index is 11.5. The van der Waals surface area contributed by atoms with E-state index in [2.05, 4.69) is 6.92 Å². The van der Waals surface area contributed by atoms with Crippen molar-refractivity contribution in [1.82, 2.24) is 0 Å². The van der Waals surface area contributed by atoms with Crippen molar-refractivity contribution in [2.45, 2.75) is 97.0 Å². The highest BCUT2D eigenvalue weighted by atomic mass is 16.7. The van der Waals surface area contributed by atoms with Crippen LogP contribution in [0.25, 0.3) is 0 Å². The second kappa shape index (κ2) is 10.2. The van der Waals surface area contributed by atoms with Crippen molar-refractivity contribution < 1.29 is 14.3 Å². The van der Waals surface area contributed by atoms with Crippen LogP contribution in [0, 0.1) is 17.8 Å². The molecule has 2 saturated carbocycles. The molecule has 134 valence electrons. The zero-order valence-corrected chi connectivity index (χ0v) is 15.2. The maximum Gasteiger partial charge on any atom is 0.508 e. The summed E-state index contributed by atoms with van der Waals surface area (Å²) in [7, 11) is 0. The fourth-order valence-electron chi connectivity index (χ4n) is 4.47. The van der Waals surface area contributed by atoms with E-state index in [1.54, 1.807) is 0 Å². The summed E-state index contributed by atoms with van der Waals surface area (Å²) >= 11 is 0. The monoisotopic (exact) mass is 324 g/mol. The number of carbonyl (C=O) groups excluding carboxylic acids is 1. The van der Waals surface area contributed by atoms with Gasteiger partial charge in [0.25, 0.3) is 0 Å². The molecular formula is C20H36O3. The van der Waals surface area contributed by atoms with Gasteiger partial charge in [0.1, 0.15) is 6.10 Å². The summed E-state index contributed by atoms with van der Waals surface area (Å²) in [4.78, 5) is 11.5. The van der Waals surface area contributed by atoms with Crippen LogP contribution >= 0.6 is 0 Å². The van der Waals surface area contributed by atoms with E-state index >= 15 is 0 Å². The lowest BCUT2D eigenvalue weighted by Gasteiger charge is -2.37. The Morgan fingerprint density at radius 1 is 0.870 bits per heavy atom. The Morgan fingerprint density at radius 3 is 2.04 bits per heavy atom. The molecule has 0 saturated heterocycles. The van der Waals surface area contributed by atoms with E-state index in [1.807, 2.05) is 6.92 Å². The molecule has 0 aromatic rings. The van der Waals surface area contributed by atoms with Crippen LogP contribution in [-0.4, -0.2) is 18.9 Å². The van der Waals surface area contributed by atoms with Crippen LogP contribution in [0.1, 0.15) is 90.9 Å². The lowest BCUT2D eigenvalue weighted by Crippen LogP contribution is -2.30. The molecule has 0 radical (unpaired) electrons. The molecule has 0 heterocycles. The van der Waals surface area contributed by atoms with E-state index in [4.69, 9.17) is 9.47 Å². The average molecular weight is 325 g/mol. The SMILES string of the molecule is CCCC[C@H]1CC[C@H]([C@H]2CC[C@H](OC(=O)OCCC)CC2)CC1. The quantitative estimate of drug-likeness (QED) is 0.530. The lowest BCUT2D eigenvalue weighted by molar-refractivity contribution is -0.000372. The first kappa shape index (κ1) is 18.6. The predicted octanol–water partition coefficient (Wildman–Crippen LogP) is 6.11.